The number of ketones is 1. The van der Waals surface area contributed by atoms with Crippen LogP contribution < -0.4 is 0 Å². The summed E-state index contributed by atoms with van der Waals surface area (Å²) in [5.41, 5.74) is 1.21. The molecule has 0 saturated heterocycles. The molecule has 0 N–H and O–H groups in total. The Morgan fingerprint density at radius 3 is 2.80 bits per heavy atom. The monoisotopic (exact) mass is 300 g/mol. The molecule has 0 unspecified atom stereocenters. The van der Waals surface area contributed by atoms with Gasteiger partial charge in [-0.05, 0) is 39.5 Å². The van der Waals surface area contributed by atoms with Gasteiger partial charge >= 0.3 is 0 Å². The topological polar surface area (TPSA) is 17.1 Å². The van der Waals surface area contributed by atoms with Gasteiger partial charge < -0.3 is 0 Å². The maximum absolute atomic E-state index is 12.0. The second-order valence-corrected chi connectivity index (χ2v) is 4.95. The summed E-state index contributed by atoms with van der Waals surface area (Å²) in [7, 11) is 0. The molecule has 0 radical (unpaired) electrons. The summed E-state index contributed by atoms with van der Waals surface area (Å²) < 4.78 is 0.741. The predicted molar refractivity (Wildman–Crippen MR) is 66.9 cm³/mol. The Morgan fingerprint density at radius 2 is 2.13 bits per heavy atom. The summed E-state index contributed by atoms with van der Waals surface area (Å²) >= 11 is 10.8. The molecule has 0 bridgehead atoms. The van der Waals surface area contributed by atoms with Crippen LogP contribution in [0, 0.1) is 0 Å². The van der Waals surface area contributed by atoms with Crippen molar-refractivity contribution in [1.82, 2.24) is 0 Å². The summed E-state index contributed by atoms with van der Waals surface area (Å²) in [6, 6.07) is 7.14. The van der Waals surface area contributed by atoms with Gasteiger partial charge in [0.2, 0.25) is 0 Å². The molecule has 0 amide bonds. The van der Waals surface area contributed by atoms with E-state index in [-0.39, 0.29) is 5.78 Å². The fourth-order valence-corrected chi connectivity index (χ4v) is 2.44. The van der Waals surface area contributed by atoms with E-state index in [0.717, 1.165) is 4.47 Å². The van der Waals surface area contributed by atoms with Crippen molar-refractivity contribution < 1.29 is 4.79 Å². The molecule has 2 aromatic rings. The second-order valence-electron chi connectivity index (χ2n) is 2.94. The van der Waals surface area contributed by atoms with Crippen LogP contribution in [-0.2, 0) is 0 Å². The average Bonchev–Trinajstić information content (AvgIpc) is 2.74. The largest absolute Gasteiger partial charge is 0.289 e. The minimum absolute atomic E-state index is 0.0393. The molecule has 1 aromatic heterocycles. The van der Waals surface area contributed by atoms with Crippen molar-refractivity contribution in [3.05, 3.63) is 55.6 Å². The Morgan fingerprint density at radius 1 is 1.33 bits per heavy atom. The fourth-order valence-electron chi connectivity index (χ4n) is 1.23. The van der Waals surface area contributed by atoms with E-state index in [0.29, 0.717) is 16.1 Å². The molecule has 0 aliphatic rings. The van der Waals surface area contributed by atoms with Gasteiger partial charge in [0.05, 0.1) is 5.02 Å². The third kappa shape index (κ3) is 2.14. The van der Waals surface area contributed by atoms with Crippen LogP contribution in [0.1, 0.15) is 15.9 Å². The fraction of sp³-hybridized carbons (Fsp3) is 0. The van der Waals surface area contributed by atoms with Gasteiger partial charge in [-0.1, -0.05) is 17.7 Å². The van der Waals surface area contributed by atoms with Crippen molar-refractivity contribution in [2.75, 3.05) is 0 Å². The molecular weight excluding hydrogens is 296 g/mol. The minimum atomic E-state index is -0.0393. The van der Waals surface area contributed by atoms with Crippen LogP contribution in [0.15, 0.2) is 39.5 Å². The molecule has 15 heavy (non-hydrogen) atoms. The van der Waals surface area contributed by atoms with Crippen molar-refractivity contribution >= 4 is 44.7 Å². The zero-order valence-corrected chi connectivity index (χ0v) is 10.7. The van der Waals surface area contributed by atoms with E-state index in [9.17, 15) is 4.79 Å². The molecule has 0 saturated carbocycles. The zero-order valence-electron chi connectivity index (χ0n) is 7.54. The third-order valence-electron chi connectivity index (χ3n) is 1.98. The van der Waals surface area contributed by atoms with Crippen LogP contribution in [-0.4, -0.2) is 5.78 Å². The van der Waals surface area contributed by atoms with Crippen LogP contribution in [0.4, 0.5) is 0 Å². The Balaban J connectivity index is 2.47. The van der Waals surface area contributed by atoms with Gasteiger partial charge in [-0.25, -0.2) is 0 Å². The zero-order chi connectivity index (χ0) is 10.8. The smallest absolute Gasteiger partial charge is 0.195 e. The molecular formula is C11H6BrClOS. The average molecular weight is 302 g/mol. The number of benzene rings is 1. The highest BCUT2D eigenvalue weighted by Gasteiger charge is 2.14. The molecule has 0 aliphatic carbocycles. The molecule has 4 heteroatoms. The molecule has 2 rings (SSSR count). The highest BCUT2D eigenvalue weighted by molar-refractivity contribution is 9.10. The molecule has 0 aliphatic heterocycles. The number of halogens is 2. The first-order valence-electron chi connectivity index (χ1n) is 4.21. The van der Waals surface area contributed by atoms with E-state index in [1.807, 2.05) is 16.8 Å². The van der Waals surface area contributed by atoms with Crippen LogP contribution in [0.25, 0.3) is 0 Å². The maximum atomic E-state index is 12.0. The van der Waals surface area contributed by atoms with Crippen molar-refractivity contribution in [2.45, 2.75) is 0 Å². The van der Waals surface area contributed by atoms with E-state index in [1.165, 1.54) is 11.3 Å². The number of carbonyl (C=O) groups excluding carboxylic acids is 1. The number of carbonyl (C=O) groups is 1. The lowest BCUT2D eigenvalue weighted by molar-refractivity contribution is 0.103. The van der Waals surface area contributed by atoms with Crippen molar-refractivity contribution in [3.63, 3.8) is 0 Å². The Kier molecular flexibility index (Phi) is 3.24. The highest BCUT2D eigenvalue weighted by atomic mass is 79.9. The Labute approximate surface area is 105 Å². The summed E-state index contributed by atoms with van der Waals surface area (Å²) in [6.45, 7) is 0. The number of rotatable bonds is 2. The van der Waals surface area contributed by atoms with Gasteiger partial charge in [-0.3, -0.25) is 4.79 Å². The van der Waals surface area contributed by atoms with Crippen LogP contribution >= 0.6 is 38.9 Å². The van der Waals surface area contributed by atoms with E-state index in [2.05, 4.69) is 15.9 Å². The first-order chi connectivity index (χ1) is 7.20. The van der Waals surface area contributed by atoms with Gasteiger partial charge in [0.1, 0.15) is 0 Å². The lowest BCUT2D eigenvalue weighted by atomic mass is 10.1. The molecule has 0 fully saturated rings. The summed E-state index contributed by atoms with van der Waals surface area (Å²) in [6.07, 6.45) is 0. The Bertz CT molecular complexity index is 493. The van der Waals surface area contributed by atoms with Gasteiger partial charge in [0, 0.05) is 21.0 Å². The van der Waals surface area contributed by atoms with Gasteiger partial charge in [-0.15, -0.1) is 0 Å². The van der Waals surface area contributed by atoms with Gasteiger partial charge in [0.15, 0.2) is 5.78 Å². The standard InChI is InChI=1S/C11H6BrClOS/c12-9-3-1-2-8(10(9)13)11(14)7-4-5-15-6-7/h1-6H. The van der Waals surface area contributed by atoms with Gasteiger partial charge in [0.25, 0.3) is 0 Å². The lowest BCUT2D eigenvalue weighted by Crippen LogP contribution is -2.00. The van der Waals surface area contributed by atoms with Gasteiger partial charge in [-0.2, -0.15) is 11.3 Å². The highest BCUT2D eigenvalue weighted by Crippen LogP contribution is 2.28. The summed E-state index contributed by atoms with van der Waals surface area (Å²) in [5.74, 6) is -0.0393. The minimum Gasteiger partial charge on any atom is -0.289 e. The number of hydrogen-bond acceptors (Lipinski definition) is 2. The quantitative estimate of drug-likeness (QED) is 0.752. The summed E-state index contributed by atoms with van der Waals surface area (Å²) in [5, 5.41) is 4.16. The van der Waals surface area contributed by atoms with Crippen molar-refractivity contribution in [2.24, 2.45) is 0 Å². The third-order valence-corrected chi connectivity index (χ3v) is 3.96. The van der Waals surface area contributed by atoms with E-state index >= 15 is 0 Å². The SMILES string of the molecule is O=C(c1ccsc1)c1cccc(Br)c1Cl. The van der Waals surface area contributed by atoms with E-state index in [1.54, 1.807) is 18.2 Å². The normalized spacial score (nSPS) is 10.3. The first-order valence-corrected chi connectivity index (χ1v) is 6.32. The number of thiophene rings is 1. The van der Waals surface area contributed by atoms with E-state index < -0.39 is 0 Å². The second kappa shape index (κ2) is 4.47. The lowest BCUT2D eigenvalue weighted by Gasteiger charge is -2.03. The molecule has 0 spiro atoms. The predicted octanol–water partition coefficient (Wildman–Crippen LogP) is 4.40. The number of hydrogen-bond donors (Lipinski definition) is 0. The van der Waals surface area contributed by atoms with Crippen molar-refractivity contribution in [1.29, 1.82) is 0 Å². The van der Waals surface area contributed by atoms with Crippen LogP contribution in [0.3, 0.4) is 0 Å². The molecule has 1 nitrogen and oxygen atoms in total. The Hall–Kier alpha value is -0.640. The summed E-state index contributed by atoms with van der Waals surface area (Å²) in [4.78, 5) is 12.0. The van der Waals surface area contributed by atoms with E-state index in [4.69, 9.17) is 11.6 Å². The van der Waals surface area contributed by atoms with Crippen LogP contribution in [0.5, 0.6) is 0 Å². The van der Waals surface area contributed by atoms with Crippen LogP contribution in [0.2, 0.25) is 5.02 Å². The molecule has 0 atom stereocenters. The molecule has 1 heterocycles. The maximum Gasteiger partial charge on any atom is 0.195 e. The molecule has 76 valence electrons. The van der Waals surface area contributed by atoms with Crippen molar-refractivity contribution in [3.8, 4) is 0 Å². The molecule has 1 aromatic carbocycles. The first kappa shape index (κ1) is 10.9.